The number of amides is 1. The van der Waals surface area contributed by atoms with E-state index in [1.807, 2.05) is 35.0 Å². The van der Waals surface area contributed by atoms with Crippen molar-refractivity contribution >= 4 is 17.2 Å². The third kappa shape index (κ3) is 3.37. The van der Waals surface area contributed by atoms with Gasteiger partial charge in [-0.05, 0) is 17.5 Å². The molecule has 5 heteroatoms. The predicted molar refractivity (Wildman–Crippen MR) is 79.4 cm³/mol. The Bertz CT molecular complexity index is 554. The lowest BCUT2D eigenvalue weighted by molar-refractivity contribution is 0.0819. The average Bonchev–Trinajstić information content (AvgIpc) is 3.02. The Kier molecular flexibility index (Phi) is 5.15. The maximum atomic E-state index is 11.9. The lowest BCUT2D eigenvalue weighted by Gasteiger charge is -2.18. The van der Waals surface area contributed by atoms with Gasteiger partial charge in [0.05, 0.1) is 7.11 Å². The molecule has 0 aliphatic heterocycles. The van der Waals surface area contributed by atoms with Gasteiger partial charge in [-0.2, -0.15) is 11.3 Å². The molecule has 0 saturated carbocycles. The second-order valence-corrected chi connectivity index (χ2v) is 4.97. The van der Waals surface area contributed by atoms with Crippen LogP contribution in [-0.2, 0) is 4.74 Å². The van der Waals surface area contributed by atoms with Crippen LogP contribution in [0.25, 0.3) is 0 Å². The van der Waals surface area contributed by atoms with Crippen LogP contribution in [0, 0.1) is 0 Å². The number of carbonyl (C=O) groups excluding carboxylic acids is 1. The molecule has 106 valence electrons. The van der Waals surface area contributed by atoms with Gasteiger partial charge in [-0.15, -0.1) is 0 Å². The van der Waals surface area contributed by atoms with Gasteiger partial charge in [0.1, 0.15) is 11.9 Å². The van der Waals surface area contributed by atoms with Gasteiger partial charge in [0.15, 0.2) is 0 Å². The number of hydrogen-bond acceptors (Lipinski definition) is 4. The summed E-state index contributed by atoms with van der Waals surface area (Å²) in [6.45, 7) is 0.394. The molecule has 0 saturated heterocycles. The Labute approximate surface area is 122 Å². The summed E-state index contributed by atoms with van der Waals surface area (Å²) in [6, 6.07) is 9.43. The number of para-hydroxylation sites is 1. The molecule has 0 fully saturated rings. The zero-order chi connectivity index (χ0) is 14.4. The van der Waals surface area contributed by atoms with Gasteiger partial charge >= 0.3 is 0 Å². The molecule has 0 aliphatic rings. The Morgan fingerprint density at radius 2 is 2.10 bits per heavy atom. The van der Waals surface area contributed by atoms with E-state index in [-0.39, 0.29) is 12.0 Å². The van der Waals surface area contributed by atoms with Crippen molar-refractivity contribution in [1.29, 1.82) is 0 Å². The fraction of sp³-hybridized carbons (Fsp3) is 0.267. The van der Waals surface area contributed by atoms with E-state index in [4.69, 9.17) is 9.47 Å². The molecule has 0 radical (unpaired) electrons. The normalized spacial score (nSPS) is 11.9. The summed E-state index contributed by atoms with van der Waals surface area (Å²) in [6.07, 6.45) is -0.242. The number of carbonyl (C=O) groups is 1. The summed E-state index contributed by atoms with van der Waals surface area (Å²) < 4.78 is 10.8. The highest BCUT2D eigenvalue weighted by Crippen LogP contribution is 2.26. The van der Waals surface area contributed by atoms with Gasteiger partial charge in [-0.1, -0.05) is 18.2 Å². The molecule has 4 nitrogen and oxygen atoms in total. The van der Waals surface area contributed by atoms with Crippen LogP contribution < -0.4 is 10.1 Å². The van der Waals surface area contributed by atoms with Crippen LogP contribution in [0.4, 0.5) is 0 Å². The molecule has 1 N–H and O–H groups in total. The minimum atomic E-state index is -0.242. The molecule has 2 aromatic rings. The summed E-state index contributed by atoms with van der Waals surface area (Å²) in [4.78, 5) is 11.9. The lowest BCUT2D eigenvalue weighted by Crippen LogP contribution is -2.29. The van der Waals surface area contributed by atoms with Crippen molar-refractivity contribution in [2.75, 3.05) is 20.8 Å². The summed E-state index contributed by atoms with van der Waals surface area (Å²) in [5.74, 6) is 0.660. The van der Waals surface area contributed by atoms with Crippen LogP contribution in [0.15, 0.2) is 41.1 Å². The molecule has 0 spiro atoms. The van der Waals surface area contributed by atoms with E-state index >= 15 is 0 Å². The molecular weight excluding hydrogens is 274 g/mol. The third-order valence-electron chi connectivity index (χ3n) is 3.00. The highest BCUT2D eigenvalue weighted by molar-refractivity contribution is 7.08. The van der Waals surface area contributed by atoms with Gasteiger partial charge in [0.2, 0.25) is 0 Å². The van der Waals surface area contributed by atoms with Gasteiger partial charge in [-0.3, -0.25) is 4.79 Å². The first kappa shape index (κ1) is 14.6. The summed E-state index contributed by atoms with van der Waals surface area (Å²) in [7, 11) is 3.24. The van der Waals surface area contributed by atoms with Crippen LogP contribution >= 0.6 is 11.3 Å². The fourth-order valence-electron chi connectivity index (χ4n) is 1.93. The van der Waals surface area contributed by atoms with Gasteiger partial charge < -0.3 is 14.8 Å². The topological polar surface area (TPSA) is 47.6 Å². The van der Waals surface area contributed by atoms with Crippen LogP contribution in [0.5, 0.6) is 5.75 Å². The number of benzene rings is 1. The molecule has 0 aliphatic carbocycles. The first-order valence-electron chi connectivity index (χ1n) is 6.22. The van der Waals surface area contributed by atoms with Crippen LogP contribution in [0.2, 0.25) is 0 Å². The lowest BCUT2D eigenvalue weighted by atomic mass is 10.1. The Morgan fingerprint density at radius 3 is 2.75 bits per heavy atom. The van der Waals surface area contributed by atoms with E-state index in [0.717, 1.165) is 11.3 Å². The number of rotatable bonds is 6. The number of hydrogen-bond donors (Lipinski definition) is 1. The van der Waals surface area contributed by atoms with Gasteiger partial charge in [0, 0.05) is 30.2 Å². The second-order valence-electron chi connectivity index (χ2n) is 4.19. The van der Waals surface area contributed by atoms with Crippen molar-refractivity contribution in [3.05, 3.63) is 52.2 Å². The molecule has 1 amide bonds. The van der Waals surface area contributed by atoms with Crippen LogP contribution in [0.3, 0.4) is 0 Å². The smallest absolute Gasteiger partial charge is 0.252 e. The standard InChI is InChI=1S/C15H17NO3S/c1-18-13-6-4-3-5-12(13)14(19-2)9-16-15(17)11-7-8-20-10-11/h3-8,10,14H,9H2,1-2H3,(H,16,17)/t14-/m1/s1. The van der Waals surface area contributed by atoms with Crippen molar-refractivity contribution in [2.45, 2.75) is 6.10 Å². The van der Waals surface area contributed by atoms with E-state index in [9.17, 15) is 4.79 Å². The first-order chi connectivity index (χ1) is 9.76. The third-order valence-corrected chi connectivity index (χ3v) is 3.68. The SMILES string of the molecule is COc1ccccc1[C@@H](CNC(=O)c1ccsc1)OC. The van der Waals surface area contributed by atoms with Crippen molar-refractivity contribution in [3.63, 3.8) is 0 Å². The van der Waals surface area contributed by atoms with E-state index in [1.54, 1.807) is 20.3 Å². The molecule has 2 rings (SSSR count). The second kappa shape index (κ2) is 7.07. The number of nitrogens with one attached hydrogen (secondary N) is 1. The van der Waals surface area contributed by atoms with E-state index < -0.39 is 0 Å². The Hall–Kier alpha value is -1.85. The average molecular weight is 291 g/mol. The number of ether oxygens (including phenoxy) is 2. The summed E-state index contributed by atoms with van der Waals surface area (Å²) >= 11 is 1.50. The van der Waals surface area contributed by atoms with Crippen molar-refractivity contribution in [3.8, 4) is 5.75 Å². The first-order valence-corrected chi connectivity index (χ1v) is 7.16. The molecule has 0 unspecified atom stereocenters. The highest BCUT2D eigenvalue weighted by Gasteiger charge is 2.16. The Morgan fingerprint density at radius 1 is 1.30 bits per heavy atom. The monoisotopic (exact) mass is 291 g/mol. The zero-order valence-corrected chi connectivity index (χ0v) is 12.3. The number of thiophene rings is 1. The summed E-state index contributed by atoms with van der Waals surface area (Å²) in [5.41, 5.74) is 1.59. The van der Waals surface area contributed by atoms with E-state index in [0.29, 0.717) is 12.1 Å². The van der Waals surface area contributed by atoms with E-state index in [2.05, 4.69) is 5.32 Å². The molecule has 0 bridgehead atoms. The number of methoxy groups -OCH3 is 2. The minimum absolute atomic E-state index is 0.0943. The minimum Gasteiger partial charge on any atom is -0.496 e. The molecular formula is C15H17NO3S. The van der Waals surface area contributed by atoms with Crippen molar-refractivity contribution in [2.24, 2.45) is 0 Å². The summed E-state index contributed by atoms with van der Waals surface area (Å²) in [5, 5.41) is 6.57. The van der Waals surface area contributed by atoms with Gasteiger partial charge in [0.25, 0.3) is 5.91 Å². The van der Waals surface area contributed by atoms with Crippen molar-refractivity contribution < 1.29 is 14.3 Å². The molecule has 1 heterocycles. The molecule has 1 atom stereocenters. The quantitative estimate of drug-likeness (QED) is 0.890. The largest absolute Gasteiger partial charge is 0.496 e. The van der Waals surface area contributed by atoms with Gasteiger partial charge in [-0.25, -0.2) is 0 Å². The fourth-order valence-corrected chi connectivity index (χ4v) is 2.57. The van der Waals surface area contributed by atoms with Crippen LogP contribution in [-0.4, -0.2) is 26.7 Å². The zero-order valence-electron chi connectivity index (χ0n) is 11.5. The highest BCUT2D eigenvalue weighted by atomic mass is 32.1. The van der Waals surface area contributed by atoms with E-state index in [1.165, 1.54) is 11.3 Å². The predicted octanol–water partition coefficient (Wildman–Crippen LogP) is 2.87. The molecule has 20 heavy (non-hydrogen) atoms. The van der Waals surface area contributed by atoms with Crippen molar-refractivity contribution in [1.82, 2.24) is 5.32 Å². The maximum absolute atomic E-state index is 11.9. The molecule has 1 aromatic heterocycles. The Balaban J connectivity index is 2.04. The van der Waals surface area contributed by atoms with Crippen LogP contribution in [0.1, 0.15) is 22.0 Å². The maximum Gasteiger partial charge on any atom is 0.252 e. The molecule has 1 aromatic carbocycles.